The number of ether oxygens (including phenoxy) is 2. The Kier molecular flexibility index (Phi) is 7.99. The van der Waals surface area contributed by atoms with Crippen LogP contribution >= 0.6 is 0 Å². The number of H-pyrrole nitrogens is 2. The standard InChI is InChI=1S/C25H27N3O5/c1-28(2)13-4-14-33-20-11-7-18(8-12-20)16-22-24(30)26-21(23(29)27-22)15-17-5-9-19(10-6-17)25(31)32-3/h5-12,15-16H,4,13-14H2,1-3H3,(H,26,30)(H,27,29). The van der Waals surface area contributed by atoms with E-state index >= 15 is 0 Å². The minimum atomic E-state index is -0.448. The first-order chi connectivity index (χ1) is 15.9. The zero-order chi connectivity index (χ0) is 23.8. The van der Waals surface area contributed by atoms with Crippen molar-refractivity contribution in [2.24, 2.45) is 0 Å². The molecule has 0 spiro atoms. The number of aromatic nitrogens is 2. The summed E-state index contributed by atoms with van der Waals surface area (Å²) < 4.78 is 10.4. The summed E-state index contributed by atoms with van der Waals surface area (Å²) in [5.74, 6) is 0.299. The number of nitrogens with one attached hydrogen (secondary N) is 2. The van der Waals surface area contributed by atoms with Gasteiger partial charge in [0, 0.05) is 6.54 Å². The van der Waals surface area contributed by atoms with Gasteiger partial charge in [-0.05, 0) is 68.1 Å². The molecule has 0 atom stereocenters. The lowest BCUT2D eigenvalue weighted by Gasteiger charge is -2.10. The van der Waals surface area contributed by atoms with Crippen molar-refractivity contribution in [3.63, 3.8) is 0 Å². The van der Waals surface area contributed by atoms with Gasteiger partial charge < -0.3 is 24.3 Å². The smallest absolute Gasteiger partial charge is 0.337 e. The Morgan fingerprint density at radius 2 is 1.39 bits per heavy atom. The molecule has 33 heavy (non-hydrogen) atoms. The number of carbonyl (C=O) groups excluding carboxylic acids is 1. The van der Waals surface area contributed by atoms with E-state index in [9.17, 15) is 14.4 Å². The van der Waals surface area contributed by atoms with Crippen molar-refractivity contribution in [1.82, 2.24) is 14.9 Å². The van der Waals surface area contributed by atoms with E-state index in [1.807, 2.05) is 38.4 Å². The summed E-state index contributed by atoms with van der Waals surface area (Å²) in [4.78, 5) is 43.8. The van der Waals surface area contributed by atoms with E-state index in [4.69, 9.17) is 4.74 Å². The third kappa shape index (κ3) is 6.78. The van der Waals surface area contributed by atoms with E-state index < -0.39 is 17.1 Å². The molecule has 1 aromatic heterocycles. The van der Waals surface area contributed by atoms with Gasteiger partial charge in [-0.2, -0.15) is 0 Å². The minimum absolute atomic E-state index is 0.115. The molecule has 0 saturated carbocycles. The molecule has 0 amide bonds. The van der Waals surface area contributed by atoms with Crippen molar-refractivity contribution in [1.29, 1.82) is 0 Å². The van der Waals surface area contributed by atoms with E-state index in [1.54, 1.807) is 30.3 Å². The highest BCUT2D eigenvalue weighted by atomic mass is 16.5. The number of hydrogen-bond acceptors (Lipinski definition) is 6. The molecule has 1 heterocycles. The topological polar surface area (TPSA) is 104 Å². The molecule has 2 aromatic carbocycles. The quantitative estimate of drug-likeness (QED) is 0.390. The molecule has 0 aliphatic heterocycles. The molecule has 8 nitrogen and oxygen atoms in total. The first kappa shape index (κ1) is 23.7. The number of rotatable bonds is 8. The van der Waals surface area contributed by atoms with Gasteiger partial charge in [-0.15, -0.1) is 0 Å². The average Bonchev–Trinajstić information content (AvgIpc) is 2.81. The van der Waals surface area contributed by atoms with Crippen molar-refractivity contribution < 1.29 is 14.3 Å². The fraction of sp³-hybridized carbons (Fsp3) is 0.240. The molecule has 0 aliphatic carbocycles. The zero-order valence-electron chi connectivity index (χ0n) is 18.9. The van der Waals surface area contributed by atoms with E-state index in [2.05, 4.69) is 19.6 Å². The normalized spacial score (nSPS) is 12.2. The van der Waals surface area contributed by atoms with Crippen LogP contribution in [-0.2, 0) is 4.74 Å². The van der Waals surface area contributed by atoms with E-state index in [0.29, 0.717) is 17.7 Å². The molecule has 0 bridgehead atoms. The van der Waals surface area contributed by atoms with E-state index in [1.165, 1.54) is 13.2 Å². The number of benzene rings is 2. The van der Waals surface area contributed by atoms with Crippen LogP contribution in [0.1, 0.15) is 27.9 Å². The second kappa shape index (κ2) is 11.1. The Morgan fingerprint density at radius 1 is 0.879 bits per heavy atom. The molecule has 2 N–H and O–H groups in total. The van der Waals surface area contributed by atoms with E-state index in [-0.39, 0.29) is 10.7 Å². The van der Waals surface area contributed by atoms with Crippen LogP contribution in [0.4, 0.5) is 0 Å². The summed E-state index contributed by atoms with van der Waals surface area (Å²) in [7, 11) is 5.34. The highest BCUT2D eigenvalue weighted by Gasteiger charge is 2.04. The van der Waals surface area contributed by atoms with Gasteiger partial charge in [0.05, 0.1) is 19.3 Å². The Bertz CT molecular complexity index is 1320. The predicted molar refractivity (Wildman–Crippen MR) is 127 cm³/mol. The maximum absolute atomic E-state index is 12.5. The summed E-state index contributed by atoms with van der Waals surface area (Å²) in [6, 6.07) is 13.8. The van der Waals surface area contributed by atoms with Crippen molar-refractivity contribution in [3.05, 3.63) is 96.6 Å². The minimum Gasteiger partial charge on any atom is -0.494 e. The Morgan fingerprint density at radius 3 is 1.88 bits per heavy atom. The van der Waals surface area contributed by atoms with Crippen LogP contribution in [0.2, 0.25) is 0 Å². The first-order valence-electron chi connectivity index (χ1n) is 10.5. The molecular weight excluding hydrogens is 422 g/mol. The Labute approximate surface area is 190 Å². The number of carbonyl (C=O) groups is 1. The number of methoxy groups -OCH3 is 1. The summed E-state index contributed by atoms with van der Waals surface area (Å²) in [6.45, 7) is 1.58. The van der Waals surface area contributed by atoms with Gasteiger partial charge in [-0.25, -0.2) is 4.79 Å². The number of nitrogens with zero attached hydrogens (tertiary/aromatic N) is 1. The average molecular weight is 450 g/mol. The first-order valence-corrected chi connectivity index (χ1v) is 10.5. The highest BCUT2D eigenvalue weighted by Crippen LogP contribution is 2.12. The van der Waals surface area contributed by atoms with Crippen LogP contribution in [0.15, 0.2) is 58.1 Å². The van der Waals surface area contributed by atoms with Gasteiger partial charge in [0.25, 0.3) is 11.1 Å². The molecule has 0 saturated heterocycles. The monoisotopic (exact) mass is 449 g/mol. The van der Waals surface area contributed by atoms with Gasteiger partial charge in [0.1, 0.15) is 16.4 Å². The Balaban J connectivity index is 1.78. The van der Waals surface area contributed by atoms with Crippen molar-refractivity contribution >= 4 is 18.1 Å². The second-order valence-electron chi connectivity index (χ2n) is 7.71. The van der Waals surface area contributed by atoms with Crippen LogP contribution in [0.25, 0.3) is 12.2 Å². The fourth-order valence-electron chi connectivity index (χ4n) is 3.09. The molecular formula is C25H27N3O5. The highest BCUT2D eigenvalue weighted by molar-refractivity contribution is 5.89. The third-order valence-corrected chi connectivity index (χ3v) is 4.84. The van der Waals surface area contributed by atoms with Crippen LogP contribution in [-0.4, -0.2) is 55.2 Å². The zero-order valence-corrected chi connectivity index (χ0v) is 18.9. The third-order valence-electron chi connectivity index (χ3n) is 4.84. The van der Waals surface area contributed by atoms with Crippen LogP contribution in [0.3, 0.4) is 0 Å². The fourth-order valence-corrected chi connectivity index (χ4v) is 3.09. The lowest BCUT2D eigenvalue weighted by atomic mass is 10.1. The summed E-state index contributed by atoms with van der Waals surface area (Å²) in [6.07, 6.45) is 4.06. The summed E-state index contributed by atoms with van der Waals surface area (Å²) >= 11 is 0. The molecule has 0 aliphatic rings. The summed E-state index contributed by atoms with van der Waals surface area (Å²) in [5, 5.41) is 0.266. The predicted octanol–water partition coefficient (Wildman–Crippen LogP) is 0.838. The molecule has 8 heteroatoms. The summed E-state index contributed by atoms with van der Waals surface area (Å²) in [5.41, 5.74) is 0.954. The lowest BCUT2D eigenvalue weighted by molar-refractivity contribution is 0.0600. The largest absolute Gasteiger partial charge is 0.494 e. The Hall–Kier alpha value is -3.91. The van der Waals surface area contributed by atoms with Crippen LogP contribution in [0, 0.1) is 0 Å². The number of esters is 1. The lowest BCUT2D eigenvalue weighted by Crippen LogP contribution is -2.46. The number of aromatic amines is 2. The number of hydrogen-bond donors (Lipinski definition) is 2. The van der Waals surface area contributed by atoms with E-state index in [0.717, 1.165) is 24.3 Å². The van der Waals surface area contributed by atoms with Gasteiger partial charge in [-0.1, -0.05) is 24.3 Å². The van der Waals surface area contributed by atoms with Crippen molar-refractivity contribution in [3.8, 4) is 5.75 Å². The van der Waals surface area contributed by atoms with Crippen LogP contribution in [0.5, 0.6) is 5.75 Å². The molecule has 172 valence electrons. The van der Waals surface area contributed by atoms with Gasteiger partial charge >= 0.3 is 5.97 Å². The van der Waals surface area contributed by atoms with Crippen molar-refractivity contribution in [2.75, 3.05) is 34.4 Å². The van der Waals surface area contributed by atoms with Crippen molar-refractivity contribution in [2.45, 2.75) is 6.42 Å². The van der Waals surface area contributed by atoms with Crippen LogP contribution < -0.4 is 26.6 Å². The molecule has 3 rings (SSSR count). The molecule has 0 fully saturated rings. The van der Waals surface area contributed by atoms with Gasteiger partial charge in [-0.3, -0.25) is 9.59 Å². The van der Waals surface area contributed by atoms with Gasteiger partial charge in [0.15, 0.2) is 0 Å². The maximum atomic E-state index is 12.5. The molecule has 0 unspecified atom stereocenters. The van der Waals surface area contributed by atoms with Gasteiger partial charge in [0.2, 0.25) is 0 Å². The maximum Gasteiger partial charge on any atom is 0.337 e. The SMILES string of the molecule is COC(=O)c1ccc(C=c2[nH]c(=O)c(=Cc3ccc(OCCCN(C)C)cc3)[nH]c2=O)cc1. The second-order valence-corrected chi connectivity index (χ2v) is 7.71. The molecule has 3 aromatic rings. The molecule has 0 radical (unpaired) electrons.